The summed E-state index contributed by atoms with van der Waals surface area (Å²) in [4.78, 5) is 7.18. The fourth-order valence-corrected chi connectivity index (χ4v) is 3.26. The van der Waals surface area contributed by atoms with Gasteiger partial charge in [0.25, 0.3) is 0 Å². The molecule has 1 aromatic rings. The number of halogens is 1. The van der Waals surface area contributed by atoms with Crippen LogP contribution in [0, 0.1) is 11.8 Å². The Hall–Kier alpha value is -0.450. The molecule has 4 heteroatoms. The smallest absolute Gasteiger partial charge is 0.0544 e. The first-order chi connectivity index (χ1) is 10.0. The summed E-state index contributed by atoms with van der Waals surface area (Å²) in [7, 11) is 0. The third kappa shape index (κ3) is 4.51. The van der Waals surface area contributed by atoms with Crippen molar-refractivity contribution in [3.8, 4) is 0 Å². The lowest BCUT2D eigenvalue weighted by Gasteiger charge is -2.44. The minimum Gasteiger partial charge on any atom is -0.311 e. The van der Waals surface area contributed by atoms with Gasteiger partial charge in [-0.15, -0.1) is 0 Å². The Labute approximate surface area is 137 Å². The summed E-state index contributed by atoms with van der Waals surface area (Å²) in [5.74, 6) is 1.38. The average molecular weight is 354 g/mol. The van der Waals surface area contributed by atoms with Gasteiger partial charge in [0.15, 0.2) is 0 Å². The maximum atomic E-state index is 4.55. The summed E-state index contributed by atoms with van der Waals surface area (Å²) in [5, 5.41) is 3.74. The Morgan fingerprint density at radius 2 is 2.14 bits per heavy atom. The van der Waals surface area contributed by atoms with E-state index >= 15 is 0 Å². The molecule has 21 heavy (non-hydrogen) atoms. The van der Waals surface area contributed by atoms with Crippen LogP contribution in [0.1, 0.15) is 39.8 Å². The van der Waals surface area contributed by atoms with E-state index in [1.165, 1.54) is 6.42 Å². The Morgan fingerprint density at radius 1 is 1.38 bits per heavy atom. The Bertz CT molecular complexity index is 432. The molecule has 2 rings (SSSR count). The van der Waals surface area contributed by atoms with Crippen molar-refractivity contribution >= 4 is 15.9 Å². The average Bonchev–Trinajstić information content (AvgIpc) is 2.48. The lowest BCUT2D eigenvalue weighted by molar-refractivity contribution is 0.0711. The van der Waals surface area contributed by atoms with Crippen LogP contribution >= 0.6 is 15.9 Å². The normalized spacial score (nSPS) is 25.2. The molecule has 1 aromatic heterocycles. The van der Waals surface area contributed by atoms with E-state index in [1.807, 2.05) is 6.20 Å². The van der Waals surface area contributed by atoms with Crippen molar-refractivity contribution in [1.29, 1.82) is 0 Å². The maximum absolute atomic E-state index is 4.55. The number of pyridine rings is 1. The largest absolute Gasteiger partial charge is 0.311 e. The van der Waals surface area contributed by atoms with E-state index in [0.717, 1.165) is 29.8 Å². The van der Waals surface area contributed by atoms with Crippen LogP contribution in [0.2, 0.25) is 0 Å². The predicted octanol–water partition coefficient (Wildman–Crippen LogP) is 3.69. The fourth-order valence-electron chi connectivity index (χ4n) is 3.02. The van der Waals surface area contributed by atoms with Crippen molar-refractivity contribution in [3.63, 3.8) is 0 Å². The van der Waals surface area contributed by atoms with E-state index in [0.29, 0.717) is 23.9 Å². The standard InChI is InChI=1S/C17H28BrN3/c1-5-13(4)17-9-20-16(12(2)3)11-21(17)10-15-7-6-14(18)8-19-15/h6-8,12-13,16-17,20H,5,9-11H2,1-4H3. The highest BCUT2D eigenvalue weighted by Gasteiger charge is 2.32. The van der Waals surface area contributed by atoms with Gasteiger partial charge in [0, 0.05) is 42.4 Å². The summed E-state index contributed by atoms with van der Waals surface area (Å²) in [6.07, 6.45) is 3.12. The molecule has 0 amide bonds. The second-order valence-electron chi connectivity index (χ2n) is 6.61. The molecule has 2 heterocycles. The van der Waals surface area contributed by atoms with Gasteiger partial charge in [0.1, 0.15) is 0 Å². The lowest BCUT2D eigenvalue weighted by Crippen LogP contribution is -2.59. The summed E-state index contributed by atoms with van der Waals surface area (Å²) < 4.78 is 1.05. The molecule has 3 nitrogen and oxygen atoms in total. The predicted molar refractivity (Wildman–Crippen MR) is 92.2 cm³/mol. The van der Waals surface area contributed by atoms with Crippen molar-refractivity contribution in [3.05, 3.63) is 28.5 Å². The molecular formula is C17H28BrN3. The molecule has 3 atom stereocenters. The van der Waals surface area contributed by atoms with E-state index in [1.54, 1.807) is 0 Å². The Morgan fingerprint density at radius 3 is 2.71 bits per heavy atom. The molecule has 1 N–H and O–H groups in total. The Kier molecular flexibility index (Phi) is 6.20. The van der Waals surface area contributed by atoms with Gasteiger partial charge in [0.05, 0.1) is 5.69 Å². The highest BCUT2D eigenvalue weighted by atomic mass is 79.9. The molecule has 1 aliphatic rings. The third-order valence-electron chi connectivity index (χ3n) is 4.75. The van der Waals surface area contributed by atoms with Crippen LogP contribution in [-0.2, 0) is 6.54 Å². The van der Waals surface area contributed by atoms with Crippen molar-refractivity contribution in [2.75, 3.05) is 13.1 Å². The number of piperazine rings is 1. The minimum absolute atomic E-state index is 0.584. The van der Waals surface area contributed by atoms with Crippen LogP contribution in [0.15, 0.2) is 22.8 Å². The van der Waals surface area contributed by atoms with Crippen molar-refractivity contribution in [1.82, 2.24) is 15.2 Å². The zero-order valence-electron chi connectivity index (χ0n) is 13.6. The van der Waals surface area contributed by atoms with Crippen molar-refractivity contribution in [2.24, 2.45) is 11.8 Å². The third-order valence-corrected chi connectivity index (χ3v) is 5.22. The second kappa shape index (κ2) is 7.70. The summed E-state index contributed by atoms with van der Waals surface area (Å²) >= 11 is 3.46. The van der Waals surface area contributed by atoms with E-state index in [-0.39, 0.29) is 0 Å². The van der Waals surface area contributed by atoms with Gasteiger partial charge in [-0.25, -0.2) is 0 Å². The van der Waals surface area contributed by atoms with E-state index < -0.39 is 0 Å². The Balaban J connectivity index is 2.10. The van der Waals surface area contributed by atoms with Crippen molar-refractivity contribution in [2.45, 2.75) is 52.7 Å². The van der Waals surface area contributed by atoms with Crippen molar-refractivity contribution < 1.29 is 0 Å². The van der Waals surface area contributed by atoms with Gasteiger partial charge in [0.2, 0.25) is 0 Å². The van der Waals surface area contributed by atoms with Gasteiger partial charge in [-0.3, -0.25) is 9.88 Å². The monoisotopic (exact) mass is 353 g/mol. The number of aromatic nitrogens is 1. The van der Waals surface area contributed by atoms with Gasteiger partial charge in [-0.2, -0.15) is 0 Å². The zero-order valence-corrected chi connectivity index (χ0v) is 15.2. The van der Waals surface area contributed by atoms with Crippen LogP contribution in [0.25, 0.3) is 0 Å². The zero-order chi connectivity index (χ0) is 15.4. The van der Waals surface area contributed by atoms with E-state index in [4.69, 9.17) is 0 Å². The molecule has 0 bridgehead atoms. The van der Waals surface area contributed by atoms with E-state index in [2.05, 4.69) is 71.0 Å². The van der Waals surface area contributed by atoms with Gasteiger partial charge in [-0.05, 0) is 39.9 Å². The van der Waals surface area contributed by atoms with Crippen LogP contribution in [0.4, 0.5) is 0 Å². The summed E-state index contributed by atoms with van der Waals surface area (Å²) in [6, 6.07) is 5.41. The number of hydrogen-bond donors (Lipinski definition) is 1. The highest BCUT2D eigenvalue weighted by Crippen LogP contribution is 2.22. The first kappa shape index (κ1) is 16.9. The summed E-state index contributed by atoms with van der Waals surface area (Å²) in [6.45, 7) is 12.4. The molecule has 1 saturated heterocycles. The molecule has 1 fully saturated rings. The first-order valence-corrected chi connectivity index (χ1v) is 8.88. The quantitative estimate of drug-likeness (QED) is 0.874. The lowest BCUT2D eigenvalue weighted by atomic mass is 9.91. The minimum atomic E-state index is 0.584. The number of rotatable bonds is 5. The SMILES string of the molecule is CCC(C)C1CNC(C(C)C)CN1Cc1ccc(Br)cn1. The molecule has 0 aromatic carbocycles. The van der Waals surface area contributed by atoms with Gasteiger partial charge in [-0.1, -0.05) is 34.1 Å². The van der Waals surface area contributed by atoms with Crippen LogP contribution in [0.3, 0.4) is 0 Å². The molecule has 0 radical (unpaired) electrons. The molecule has 0 aliphatic carbocycles. The molecule has 0 spiro atoms. The fraction of sp³-hybridized carbons (Fsp3) is 0.706. The molecule has 1 aliphatic heterocycles. The van der Waals surface area contributed by atoms with Gasteiger partial charge < -0.3 is 5.32 Å². The van der Waals surface area contributed by atoms with Gasteiger partial charge >= 0.3 is 0 Å². The van der Waals surface area contributed by atoms with Crippen LogP contribution < -0.4 is 5.32 Å². The maximum Gasteiger partial charge on any atom is 0.0544 e. The molecule has 118 valence electrons. The number of nitrogens with one attached hydrogen (secondary N) is 1. The molecule has 3 unspecified atom stereocenters. The van der Waals surface area contributed by atoms with E-state index in [9.17, 15) is 0 Å². The highest BCUT2D eigenvalue weighted by molar-refractivity contribution is 9.10. The van der Waals surface area contributed by atoms with Crippen LogP contribution in [0.5, 0.6) is 0 Å². The number of hydrogen-bond acceptors (Lipinski definition) is 3. The first-order valence-electron chi connectivity index (χ1n) is 8.09. The van der Waals surface area contributed by atoms with Crippen LogP contribution in [-0.4, -0.2) is 35.1 Å². The number of nitrogens with zero attached hydrogens (tertiary/aromatic N) is 2. The topological polar surface area (TPSA) is 28.2 Å². The second-order valence-corrected chi connectivity index (χ2v) is 7.52. The summed E-state index contributed by atoms with van der Waals surface area (Å²) in [5.41, 5.74) is 1.16. The molecular weight excluding hydrogens is 326 g/mol. The molecule has 0 saturated carbocycles.